The molecule has 4 aromatic rings. The first kappa shape index (κ1) is 18.3. The summed E-state index contributed by atoms with van der Waals surface area (Å²) < 4.78 is 2.13. The van der Waals surface area contributed by atoms with E-state index in [1.165, 1.54) is 11.3 Å². The minimum absolute atomic E-state index is 0.323. The number of nitriles is 1. The van der Waals surface area contributed by atoms with E-state index >= 15 is 0 Å². The second-order valence-corrected chi connectivity index (χ2v) is 7.55. The zero-order valence-corrected chi connectivity index (χ0v) is 16.5. The predicted octanol–water partition coefficient (Wildman–Crippen LogP) is 4.20. The minimum atomic E-state index is 0.323. The standard InChI is InChI=1S/C25H21N5/c26-15-19-7-4-8-21(13-19)25-24(20-9-11-27-12-10-20)23-16-28-22(17-30(23)29-25)14-18-5-2-1-3-6-18/h1-13,22,28H,14,16-17H2/t22-/m1/s1. The molecule has 3 heterocycles. The molecule has 146 valence electrons. The summed E-state index contributed by atoms with van der Waals surface area (Å²) in [6.07, 6.45) is 4.58. The van der Waals surface area contributed by atoms with Gasteiger partial charge < -0.3 is 5.32 Å². The van der Waals surface area contributed by atoms with Crippen LogP contribution in [-0.4, -0.2) is 20.8 Å². The summed E-state index contributed by atoms with van der Waals surface area (Å²) >= 11 is 0. The molecule has 0 fully saturated rings. The normalized spacial score (nSPS) is 15.4. The highest BCUT2D eigenvalue weighted by atomic mass is 15.3. The van der Waals surface area contributed by atoms with Crippen molar-refractivity contribution in [1.82, 2.24) is 20.1 Å². The van der Waals surface area contributed by atoms with Gasteiger partial charge in [-0.3, -0.25) is 9.67 Å². The molecule has 0 saturated carbocycles. The van der Waals surface area contributed by atoms with Crippen LogP contribution in [0.15, 0.2) is 79.1 Å². The minimum Gasteiger partial charge on any atom is -0.306 e. The zero-order chi connectivity index (χ0) is 20.3. The van der Waals surface area contributed by atoms with Crippen molar-refractivity contribution in [3.05, 3.63) is 95.9 Å². The SMILES string of the molecule is N#Cc1cccc(-c2nn3c(c2-c2ccncc2)CN[C@H](Cc2ccccc2)C3)c1. The first-order valence-corrected chi connectivity index (χ1v) is 10.1. The molecule has 1 aliphatic heterocycles. The number of nitrogens with zero attached hydrogens (tertiary/aromatic N) is 4. The molecular weight excluding hydrogens is 370 g/mol. The third-order valence-corrected chi connectivity index (χ3v) is 5.57. The lowest BCUT2D eigenvalue weighted by atomic mass is 9.97. The number of benzene rings is 2. The van der Waals surface area contributed by atoms with E-state index in [4.69, 9.17) is 5.10 Å². The third kappa shape index (κ3) is 3.49. The number of fused-ring (bicyclic) bond motifs is 1. The van der Waals surface area contributed by atoms with E-state index in [-0.39, 0.29) is 0 Å². The Labute approximate surface area is 175 Å². The Morgan fingerprint density at radius 3 is 2.63 bits per heavy atom. The lowest BCUT2D eigenvalue weighted by Gasteiger charge is -2.26. The van der Waals surface area contributed by atoms with Crippen molar-refractivity contribution >= 4 is 0 Å². The summed E-state index contributed by atoms with van der Waals surface area (Å²) in [5.41, 5.74) is 7.20. The van der Waals surface area contributed by atoms with E-state index in [9.17, 15) is 5.26 Å². The molecule has 1 atom stereocenters. The van der Waals surface area contributed by atoms with Gasteiger partial charge in [0.1, 0.15) is 5.69 Å². The maximum absolute atomic E-state index is 9.34. The molecule has 0 spiro atoms. The summed E-state index contributed by atoms with van der Waals surface area (Å²) in [4.78, 5) is 4.17. The Bertz CT molecular complexity index is 1210. The van der Waals surface area contributed by atoms with Crippen LogP contribution in [0.5, 0.6) is 0 Å². The fourth-order valence-corrected chi connectivity index (χ4v) is 4.14. The highest BCUT2D eigenvalue weighted by Gasteiger charge is 2.26. The Morgan fingerprint density at radius 2 is 1.83 bits per heavy atom. The van der Waals surface area contributed by atoms with Crippen molar-refractivity contribution in [3.63, 3.8) is 0 Å². The van der Waals surface area contributed by atoms with Gasteiger partial charge in [0, 0.05) is 36.1 Å². The molecule has 1 aliphatic rings. The summed E-state index contributed by atoms with van der Waals surface area (Å²) in [7, 11) is 0. The predicted molar refractivity (Wildman–Crippen MR) is 116 cm³/mol. The van der Waals surface area contributed by atoms with E-state index in [1.54, 1.807) is 0 Å². The van der Waals surface area contributed by atoms with Gasteiger partial charge in [-0.15, -0.1) is 0 Å². The lowest BCUT2D eigenvalue weighted by Crippen LogP contribution is -2.40. The summed E-state index contributed by atoms with van der Waals surface area (Å²) in [6.45, 7) is 1.56. The van der Waals surface area contributed by atoms with Crippen LogP contribution in [0.3, 0.4) is 0 Å². The van der Waals surface area contributed by atoms with Gasteiger partial charge in [-0.2, -0.15) is 10.4 Å². The second kappa shape index (κ2) is 7.94. The van der Waals surface area contributed by atoms with E-state index < -0.39 is 0 Å². The van der Waals surface area contributed by atoms with Crippen LogP contribution < -0.4 is 5.32 Å². The van der Waals surface area contributed by atoms with E-state index in [0.717, 1.165) is 41.9 Å². The number of rotatable bonds is 4. The number of hydrogen-bond acceptors (Lipinski definition) is 4. The summed E-state index contributed by atoms with van der Waals surface area (Å²) in [5.74, 6) is 0. The smallest absolute Gasteiger partial charge is 0.101 e. The first-order valence-electron chi connectivity index (χ1n) is 10.1. The van der Waals surface area contributed by atoms with Gasteiger partial charge in [0.15, 0.2) is 0 Å². The quantitative estimate of drug-likeness (QED) is 0.566. The van der Waals surface area contributed by atoms with E-state index in [2.05, 4.69) is 45.3 Å². The number of hydrogen-bond donors (Lipinski definition) is 1. The number of aromatic nitrogens is 3. The van der Waals surface area contributed by atoms with Crippen LogP contribution in [0.25, 0.3) is 22.4 Å². The van der Waals surface area contributed by atoms with Gasteiger partial charge in [-0.05, 0) is 41.8 Å². The van der Waals surface area contributed by atoms with Gasteiger partial charge >= 0.3 is 0 Å². The third-order valence-electron chi connectivity index (χ3n) is 5.57. The fourth-order valence-electron chi connectivity index (χ4n) is 4.14. The van der Waals surface area contributed by atoms with Gasteiger partial charge in [0.05, 0.1) is 23.9 Å². The summed E-state index contributed by atoms with van der Waals surface area (Å²) in [6, 6.07) is 24.8. The average molecular weight is 391 g/mol. The van der Waals surface area contributed by atoms with Gasteiger partial charge in [0.2, 0.25) is 0 Å². The van der Waals surface area contributed by atoms with Gasteiger partial charge in [-0.25, -0.2) is 0 Å². The van der Waals surface area contributed by atoms with Crippen molar-refractivity contribution in [2.45, 2.75) is 25.6 Å². The molecule has 2 aromatic carbocycles. The lowest BCUT2D eigenvalue weighted by molar-refractivity contribution is 0.367. The molecule has 5 rings (SSSR count). The zero-order valence-electron chi connectivity index (χ0n) is 16.5. The van der Waals surface area contributed by atoms with Crippen molar-refractivity contribution in [1.29, 1.82) is 5.26 Å². The van der Waals surface area contributed by atoms with Crippen LogP contribution in [-0.2, 0) is 19.5 Å². The monoisotopic (exact) mass is 391 g/mol. The number of nitrogens with one attached hydrogen (secondary N) is 1. The molecule has 1 N–H and O–H groups in total. The van der Waals surface area contributed by atoms with Crippen LogP contribution in [0.4, 0.5) is 0 Å². The largest absolute Gasteiger partial charge is 0.306 e. The molecule has 0 saturated heterocycles. The highest BCUT2D eigenvalue weighted by molar-refractivity contribution is 5.83. The molecule has 0 amide bonds. The van der Waals surface area contributed by atoms with E-state index in [0.29, 0.717) is 11.6 Å². The van der Waals surface area contributed by atoms with E-state index in [1.807, 2.05) is 54.9 Å². The maximum Gasteiger partial charge on any atom is 0.101 e. The van der Waals surface area contributed by atoms with Crippen LogP contribution in [0.1, 0.15) is 16.8 Å². The summed E-state index contributed by atoms with van der Waals surface area (Å²) in [5, 5.41) is 18.0. The number of pyridine rings is 1. The first-order chi connectivity index (χ1) is 14.8. The van der Waals surface area contributed by atoms with Crippen molar-refractivity contribution in [2.75, 3.05) is 0 Å². The van der Waals surface area contributed by atoms with Crippen molar-refractivity contribution in [3.8, 4) is 28.5 Å². The van der Waals surface area contributed by atoms with Gasteiger partial charge in [-0.1, -0.05) is 42.5 Å². The molecule has 5 heteroatoms. The van der Waals surface area contributed by atoms with Crippen molar-refractivity contribution < 1.29 is 0 Å². The Hall–Kier alpha value is -3.75. The molecular formula is C25H21N5. The van der Waals surface area contributed by atoms with Crippen molar-refractivity contribution in [2.24, 2.45) is 0 Å². The molecule has 0 bridgehead atoms. The molecule has 0 aliphatic carbocycles. The molecule has 2 aromatic heterocycles. The Morgan fingerprint density at radius 1 is 1.00 bits per heavy atom. The highest BCUT2D eigenvalue weighted by Crippen LogP contribution is 2.36. The average Bonchev–Trinajstić information content (AvgIpc) is 3.19. The topological polar surface area (TPSA) is 66.5 Å². The second-order valence-electron chi connectivity index (χ2n) is 7.55. The molecule has 0 radical (unpaired) electrons. The Kier molecular flexibility index (Phi) is 4.84. The fraction of sp³-hybridized carbons (Fsp3) is 0.160. The molecule has 0 unspecified atom stereocenters. The Balaban J connectivity index is 1.56. The van der Waals surface area contributed by atoms with Crippen LogP contribution >= 0.6 is 0 Å². The van der Waals surface area contributed by atoms with Gasteiger partial charge in [0.25, 0.3) is 0 Å². The van der Waals surface area contributed by atoms with Crippen LogP contribution in [0.2, 0.25) is 0 Å². The van der Waals surface area contributed by atoms with Crippen LogP contribution in [0, 0.1) is 11.3 Å². The molecule has 5 nitrogen and oxygen atoms in total. The maximum atomic E-state index is 9.34. The molecule has 30 heavy (non-hydrogen) atoms.